The van der Waals surface area contributed by atoms with Gasteiger partial charge in [-0.3, -0.25) is 4.90 Å². The Morgan fingerprint density at radius 1 is 1.14 bits per heavy atom. The van der Waals surface area contributed by atoms with Crippen LogP contribution in [0, 0.1) is 12.8 Å². The number of aryl methyl sites for hydroxylation is 1. The van der Waals surface area contributed by atoms with E-state index < -0.39 is 0 Å². The predicted octanol–water partition coefficient (Wildman–Crippen LogP) is 4.63. The van der Waals surface area contributed by atoms with Crippen molar-refractivity contribution in [3.05, 3.63) is 34.3 Å². The van der Waals surface area contributed by atoms with Crippen molar-refractivity contribution in [3.63, 3.8) is 0 Å². The molecule has 5 heteroatoms. The van der Waals surface area contributed by atoms with Crippen LogP contribution in [0.15, 0.2) is 18.2 Å². The highest BCUT2D eigenvalue weighted by molar-refractivity contribution is 6.31. The summed E-state index contributed by atoms with van der Waals surface area (Å²) in [6.07, 6.45) is 5.54. The number of hydrogen-bond donors (Lipinski definition) is 1. The third kappa shape index (κ3) is 4.52. The second-order valence-electron chi connectivity index (χ2n) is 6.28. The van der Waals surface area contributed by atoms with E-state index in [1.807, 2.05) is 0 Å². The lowest BCUT2D eigenvalue weighted by Gasteiger charge is -2.38. The maximum atomic E-state index is 6.37. The van der Waals surface area contributed by atoms with E-state index in [1.54, 1.807) is 0 Å². The molecule has 22 heavy (non-hydrogen) atoms. The van der Waals surface area contributed by atoms with Gasteiger partial charge in [0.1, 0.15) is 0 Å². The molecule has 0 unspecified atom stereocenters. The highest BCUT2D eigenvalue weighted by Crippen LogP contribution is 2.40. The Labute approximate surface area is 151 Å². The van der Waals surface area contributed by atoms with Gasteiger partial charge in [-0.05, 0) is 42.9 Å². The first-order chi connectivity index (χ1) is 9.75. The fourth-order valence-electron chi connectivity index (χ4n) is 3.81. The minimum absolute atomic E-state index is 0. The van der Waals surface area contributed by atoms with Crippen LogP contribution in [0.1, 0.15) is 42.9 Å². The minimum Gasteiger partial charge on any atom is -0.314 e. The molecule has 1 saturated heterocycles. The van der Waals surface area contributed by atoms with Crippen molar-refractivity contribution in [1.29, 1.82) is 0 Å². The first-order valence-corrected chi connectivity index (χ1v) is 8.34. The number of benzene rings is 1. The standard InChI is InChI=1S/C17H25ClN2.2ClH/c1-13-6-7-15(12-16(13)18)17(14-4-2-3-5-14)20-10-8-19-9-11-20;;/h6-7,12,14,17,19H,2-5,8-11H2,1H3;2*1H/t17-;;/m1../s1. The van der Waals surface area contributed by atoms with Crippen LogP contribution in [0.5, 0.6) is 0 Å². The lowest BCUT2D eigenvalue weighted by molar-refractivity contribution is 0.125. The molecule has 2 nitrogen and oxygen atoms in total. The number of hydrogen-bond acceptors (Lipinski definition) is 2. The molecule has 0 radical (unpaired) electrons. The van der Waals surface area contributed by atoms with E-state index in [1.165, 1.54) is 36.8 Å². The average molecular weight is 366 g/mol. The minimum atomic E-state index is 0. The predicted molar refractivity (Wildman–Crippen MR) is 99.8 cm³/mol. The third-order valence-corrected chi connectivity index (χ3v) is 5.34. The van der Waals surface area contributed by atoms with Crippen molar-refractivity contribution in [3.8, 4) is 0 Å². The van der Waals surface area contributed by atoms with Gasteiger partial charge in [-0.1, -0.05) is 36.6 Å². The van der Waals surface area contributed by atoms with Crippen LogP contribution < -0.4 is 5.32 Å². The molecule has 1 saturated carbocycles. The van der Waals surface area contributed by atoms with Crippen LogP contribution in [0.3, 0.4) is 0 Å². The number of nitrogens with zero attached hydrogens (tertiary/aromatic N) is 1. The molecular weight excluding hydrogens is 339 g/mol. The Balaban J connectivity index is 0.00000121. The molecule has 0 amide bonds. The Hall–Kier alpha value is 0.01000. The molecule has 3 rings (SSSR count). The Bertz CT molecular complexity index is 455. The van der Waals surface area contributed by atoms with E-state index in [0.29, 0.717) is 6.04 Å². The van der Waals surface area contributed by atoms with Gasteiger partial charge in [-0.15, -0.1) is 24.8 Å². The average Bonchev–Trinajstić information content (AvgIpc) is 2.98. The van der Waals surface area contributed by atoms with Crippen molar-refractivity contribution in [2.45, 2.75) is 38.6 Å². The quantitative estimate of drug-likeness (QED) is 0.840. The van der Waals surface area contributed by atoms with E-state index in [0.717, 1.165) is 37.1 Å². The van der Waals surface area contributed by atoms with E-state index in [4.69, 9.17) is 11.6 Å². The molecule has 0 aromatic heterocycles. The summed E-state index contributed by atoms with van der Waals surface area (Å²) in [6.45, 7) is 6.63. The Morgan fingerprint density at radius 2 is 1.77 bits per heavy atom. The summed E-state index contributed by atoms with van der Waals surface area (Å²) >= 11 is 6.37. The summed E-state index contributed by atoms with van der Waals surface area (Å²) in [5.74, 6) is 0.812. The van der Waals surface area contributed by atoms with Crippen molar-refractivity contribution in [2.24, 2.45) is 5.92 Å². The molecule has 126 valence electrons. The van der Waals surface area contributed by atoms with Gasteiger partial charge in [0.25, 0.3) is 0 Å². The number of nitrogens with one attached hydrogen (secondary N) is 1. The molecule has 1 heterocycles. The smallest absolute Gasteiger partial charge is 0.0438 e. The number of piperazine rings is 1. The number of rotatable bonds is 3. The van der Waals surface area contributed by atoms with Crippen molar-refractivity contribution in [2.75, 3.05) is 26.2 Å². The van der Waals surface area contributed by atoms with Gasteiger partial charge in [0.2, 0.25) is 0 Å². The maximum Gasteiger partial charge on any atom is 0.0438 e. The molecular formula is C17H27Cl3N2. The summed E-state index contributed by atoms with van der Waals surface area (Å²) in [5, 5.41) is 4.38. The lowest BCUT2D eigenvalue weighted by atomic mass is 9.89. The van der Waals surface area contributed by atoms with Crippen LogP contribution in [-0.2, 0) is 0 Å². The van der Waals surface area contributed by atoms with Crippen molar-refractivity contribution >= 4 is 36.4 Å². The molecule has 2 aliphatic rings. The molecule has 1 aromatic rings. The Kier molecular flexibility index (Phi) is 8.52. The topological polar surface area (TPSA) is 15.3 Å². The van der Waals surface area contributed by atoms with Crippen LogP contribution >= 0.6 is 36.4 Å². The summed E-state index contributed by atoms with van der Waals surface area (Å²) in [7, 11) is 0. The monoisotopic (exact) mass is 364 g/mol. The molecule has 0 spiro atoms. The first-order valence-electron chi connectivity index (χ1n) is 7.96. The van der Waals surface area contributed by atoms with Crippen LogP contribution in [-0.4, -0.2) is 31.1 Å². The summed E-state index contributed by atoms with van der Waals surface area (Å²) < 4.78 is 0. The second-order valence-corrected chi connectivity index (χ2v) is 6.69. The number of halogens is 3. The summed E-state index contributed by atoms with van der Waals surface area (Å²) in [6, 6.07) is 7.26. The van der Waals surface area contributed by atoms with Gasteiger partial charge in [0.05, 0.1) is 0 Å². The van der Waals surface area contributed by atoms with E-state index in [9.17, 15) is 0 Å². The lowest BCUT2D eigenvalue weighted by Crippen LogP contribution is -2.46. The van der Waals surface area contributed by atoms with Gasteiger partial charge in [0.15, 0.2) is 0 Å². The van der Waals surface area contributed by atoms with Crippen LogP contribution in [0.2, 0.25) is 5.02 Å². The zero-order chi connectivity index (χ0) is 13.9. The molecule has 1 aliphatic heterocycles. The maximum absolute atomic E-state index is 6.37. The fourth-order valence-corrected chi connectivity index (χ4v) is 4.00. The second kappa shape index (κ2) is 9.34. The van der Waals surface area contributed by atoms with Gasteiger partial charge in [-0.2, -0.15) is 0 Å². The highest BCUT2D eigenvalue weighted by Gasteiger charge is 2.31. The molecule has 2 fully saturated rings. The van der Waals surface area contributed by atoms with E-state index in [-0.39, 0.29) is 24.8 Å². The van der Waals surface area contributed by atoms with Crippen molar-refractivity contribution in [1.82, 2.24) is 10.2 Å². The van der Waals surface area contributed by atoms with Gasteiger partial charge in [0, 0.05) is 37.2 Å². The molecule has 1 aliphatic carbocycles. The Morgan fingerprint density at radius 3 is 2.36 bits per heavy atom. The van der Waals surface area contributed by atoms with Gasteiger partial charge >= 0.3 is 0 Å². The largest absolute Gasteiger partial charge is 0.314 e. The molecule has 1 aromatic carbocycles. The SMILES string of the molecule is Cc1ccc([C@@H](C2CCCC2)N2CCNCC2)cc1Cl.Cl.Cl. The van der Waals surface area contributed by atoms with Crippen LogP contribution in [0.4, 0.5) is 0 Å². The molecule has 0 bridgehead atoms. The van der Waals surface area contributed by atoms with Gasteiger partial charge < -0.3 is 5.32 Å². The van der Waals surface area contributed by atoms with Crippen LogP contribution in [0.25, 0.3) is 0 Å². The third-order valence-electron chi connectivity index (χ3n) is 4.93. The van der Waals surface area contributed by atoms with E-state index >= 15 is 0 Å². The van der Waals surface area contributed by atoms with E-state index in [2.05, 4.69) is 35.3 Å². The zero-order valence-corrected chi connectivity index (χ0v) is 15.6. The highest BCUT2D eigenvalue weighted by atomic mass is 35.5. The normalized spacial score (nSPS) is 21.0. The first kappa shape index (κ1) is 20.1. The van der Waals surface area contributed by atoms with Crippen molar-refractivity contribution < 1.29 is 0 Å². The molecule has 1 atom stereocenters. The zero-order valence-electron chi connectivity index (χ0n) is 13.2. The fraction of sp³-hybridized carbons (Fsp3) is 0.647. The molecule has 1 N–H and O–H groups in total. The summed E-state index contributed by atoms with van der Waals surface area (Å²) in [4.78, 5) is 2.67. The van der Waals surface area contributed by atoms with Gasteiger partial charge in [-0.25, -0.2) is 0 Å². The summed E-state index contributed by atoms with van der Waals surface area (Å²) in [5.41, 5.74) is 2.61.